The summed E-state index contributed by atoms with van der Waals surface area (Å²) >= 11 is 5.95. The van der Waals surface area contributed by atoms with E-state index in [-0.39, 0.29) is 17.8 Å². The fraction of sp³-hybridized carbons (Fsp3) is 0.316. The van der Waals surface area contributed by atoms with Gasteiger partial charge in [-0.15, -0.1) is 0 Å². The Kier molecular flexibility index (Phi) is 5.56. The summed E-state index contributed by atoms with van der Waals surface area (Å²) in [7, 11) is 0. The van der Waals surface area contributed by atoms with Gasteiger partial charge in [0.05, 0.1) is 6.04 Å². The summed E-state index contributed by atoms with van der Waals surface area (Å²) in [4.78, 5) is 16.8. The Morgan fingerprint density at radius 1 is 1.12 bits per heavy atom. The van der Waals surface area contributed by atoms with Gasteiger partial charge < -0.3 is 10.2 Å². The highest BCUT2D eigenvalue weighted by molar-refractivity contribution is 6.30. The van der Waals surface area contributed by atoms with Crippen LogP contribution in [0.25, 0.3) is 0 Å². The molecule has 1 amide bonds. The predicted octanol–water partition coefficient (Wildman–Crippen LogP) is 3.63. The minimum atomic E-state index is -0.228. The first-order valence-corrected chi connectivity index (χ1v) is 8.72. The third-order valence-electron chi connectivity index (χ3n) is 4.53. The highest BCUT2D eigenvalue weighted by Crippen LogP contribution is 2.19. The molecule has 1 atom stereocenters. The van der Waals surface area contributed by atoms with E-state index in [9.17, 15) is 9.18 Å². The maximum atomic E-state index is 13.0. The molecule has 1 heterocycles. The fourth-order valence-corrected chi connectivity index (χ4v) is 3.19. The van der Waals surface area contributed by atoms with Crippen molar-refractivity contribution in [2.75, 3.05) is 36.4 Å². The third kappa shape index (κ3) is 4.50. The molecule has 3 rings (SSSR count). The second-order valence-corrected chi connectivity index (χ2v) is 6.61. The Morgan fingerprint density at radius 2 is 1.80 bits per heavy atom. The van der Waals surface area contributed by atoms with E-state index < -0.39 is 0 Å². The van der Waals surface area contributed by atoms with E-state index in [1.54, 1.807) is 24.3 Å². The first-order valence-electron chi connectivity index (χ1n) is 8.34. The SMILES string of the molecule is C[C@@H](C(=O)Nc1cccc(Cl)c1)N1CCN(c2ccc(F)cc2)CC1. The number of amides is 1. The van der Waals surface area contributed by atoms with Gasteiger partial charge in [0.1, 0.15) is 5.82 Å². The number of hydrogen-bond acceptors (Lipinski definition) is 3. The summed E-state index contributed by atoms with van der Waals surface area (Å²) in [5.74, 6) is -0.272. The zero-order valence-corrected chi connectivity index (χ0v) is 14.8. The molecule has 0 aliphatic carbocycles. The second kappa shape index (κ2) is 7.85. The van der Waals surface area contributed by atoms with Crippen LogP contribution in [0, 0.1) is 5.82 Å². The number of nitrogens with zero attached hydrogens (tertiary/aromatic N) is 2. The number of piperazine rings is 1. The third-order valence-corrected chi connectivity index (χ3v) is 4.76. The predicted molar refractivity (Wildman–Crippen MR) is 99.7 cm³/mol. The van der Waals surface area contributed by atoms with Crippen molar-refractivity contribution in [2.24, 2.45) is 0 Å². The summed E-state index contributed by atoms with van der Waals surface area (Å²) in [6.07, 6.45) is 0. The molecule has 6 heteroatoms. The molecule has 1 aliphatic rings. The molecule has 0 saturated carbocycles. The van der Waals surface area contributed by atoms with Gasteiger partial charge in [-0.25, -0.2) is 4.39 Å². The Bertz CT molecular complexity index is 730. The van der Waals surface area contributed by atoms with Gasteiger partial charge in [0.15, 0.2) is 0 Å². The topological polar surface area (TPSA) is 35.6 Å². The molecular formula is C19H21ClFN3O. The molecule has 0 aromatic heterocycles. The minimum absolute atomic E-state index is 0.0440. The van der Waals surface area contributed by atoms with Crippen LogP contribution in [0.3, 0.4) is 0 Å². The maximum Gasteiger partial charge on any atom is 0.241 e. The monoisotopic (exact) mass is 361 g/mol. The number of nitrogens with one attached hydrogen (secondary N) is 1. The van der Waals surface area contributed by atoms with Crippen LogP contribution in [-0.4, -0.2) is 43.0 Å². The fourth-order valence-electron chi connectivity index (χ4n) is 3.00. The average Bonchev–Trinajstić information content (AvgIpc) is 2.62. The number of halogens is 2. The van der Waals surface area contributed by atoms with Crippen LogP contribution in [-0.2, 0) is 4.79 Å². The summed E-state index contributed by atoms with van der Waals surface area (Å²) < 4.78 is 13.0. The maximum absolute atomic E-state index is 13.0. The molecule has 25 heavy (non-hydrogen) atoms. The van der Waals surface area contributed by atoms with Crippen LogP contribution in [0.15, 0.2) is 48.5 Å². The highest BCUT2D eigenvalue weighted by atomic mass is 35.5. The van der Waals surface area contributed by atoms with E-state index in [1.807, 2.05) is 19.1 Å². The molecule has 0 bridgehead atoms. The van der Waals surface area contributed by atoms with E-state index in [0.29, 0.717) is 10.7 Å². The molecule has 132 valence electrons. The highest BCUT2D eigenvalue weighted by Gasteiger charge is 2.25. The Labute approximate surface area is 152 Å². The Hall–Kier alpha value is -2.11. The lowest BCUT2D eigenvalue weighted by Gasteiger charge is -2.38. The van der Waals surface area contributed by atoms with Crippen molar-refractivity contribution < 1.29 is 9.18 Å². The van der Waals surface area contributed by atoms with E-state index in [4.69, 9.17) is 11.6 Å². The van der Waals surface area contributed by atoms with Gasteiger partial charge in [0.2, 0.25) is 5.91 Å². The Balaban J connectivity index is 1.54. The molecule has 1 aliphatic heterocycles. The van der Waals surface area contributed by atoms with E-state index in [2.05, 4.69) is 15.1 Å². The summed E-state index contributed by atoms with van der Waals surface area (Å²) in [6.45, 7) is 5.08. The van der Waals surface area contributed by atoms with Gasteiger partial charge in [-0.3, -0.25) is 9.69 Å². The first-order chi connectivity index (χ1) is 12.0. The van der Waals surface area contributed by atoms with Crippen molar-refractivity contribution in [1.29, 1.82) is 0 Å². The van der Waals surface area contributed by atoms with Gasteiger partial charge in [-0.05, 0) is 49.4 Å². The number of hydrogen-bond donors (Lipinski definition) is 1. The van der Waals surface area contributed by atoms with Gasteiger partial charge in [0, 0.05) is 42.6 Å². The molecule has 1 fully saturated rings. The molecule has 0 radical (unpaired) electrons. The molecule has 1 N–H and O–H groups in total. The van der Waals surface area contributed by atoms with Crippen LogP contribution in [0.1, 0.15) is 6.92 Å². The number of carbonyl (C=O) groups excluding carboxylic acids is 1. The van der Waals surface area contributed by atoms with Crippen molar-refractivity contribution in [3.63, 3.8) is 0 Å². The van der Waals surface area contributed by atoms with Gasteiger partial charge >= 0.3 is 0 Å². The quantitative estimate of drug-likeness (QED) is 0.903. The average molecular weight is 362 g/mol. The number of rotatable bonds is 4. The van der Waals surface area contributed by atoms with Crippen molar-refractivity contribution in [1.82, 2.24) is 4.90 Å². The number of carbonyl (C=O) groups is 1. The minimum Gasteiger partial charge on any atom is -0.369 e. The molecule has 1 saturated heterocycles. The van der Waals surface area contributed by atoms with Gasteiger partial charge in [-0.2, -0.15) is 0 Å². The van der Waals surface area contributed by atoms with Crippen molar-refractivity contribution in [2.45, 2.75) is 13.0 Å². The van der Waals surface area contributed by atoms with Crippen LogP contribution in [0.5, 0.6) is 0 Å². The lowest BCUT2D eigenvalue weighted by atomic mass is 10.2. The first kappa shape index (κ1) is 17.7. The van der Waals surface area contributed by atoms with Crippen LogP contribution >= 0.6 is 11.6 Å². The van der Waals surface area contributed by atoms with E-state index in [0.717, 1.165) is 31.9 Å². The van der Waals surface area contributed by atoms with Gasteiger partial charge in [0.25, 0.3) is 0 Å². The van der Waals surface area contributed by atoms with Gasteiger partial charge in [-0.1, -0.05) is 17.7 Å². The standard InChI is InChI=1S/C19H21ClFN3O/c1-14(19(25)22-17-4-2-3-15(20)13-17)23-9-11-24(12-10-23)18-7-5-16(21)6-8-18/h2-8,13-14H,9-12H2,1H3,(H,22,25)/t14-/m0/s1. The van der Waals surface area contributed by atoms with Crippen molar-refractivity contribution >= 4 is 28.9 Å². The molecule has 0 spiro atoms. The van der Waals surface area contributed by atoms with E-state index in [1.165, 1.54) is 12.1 Å². The molecular weight excluding hydrogens is 341 g/mol. The van der Waals surface area contributed by atoms with Crippen molar-refractivity contribution in [3.8, 4) is 0 Å². The number of anilines is 2. The summed E-state index contributed by atoms with van der Waals surface area (Å²) in [6, 6.07) is 13.4. The van der Waals surface area contributed by atoms with Crippen molar-refractivity contribution in [3.05, 3.63) is 59.4 Å². The van der Waals surface area contributed by atoms with Crippen LogP contribution in [0.4, 0.5) is 15.8 Å². The summed E-state index contributed by atoms with van der Waals surface area (Å²) in [5, 5.41) is 3.50. The summed E-state index contributed by atoms with van der Waals surface area (Å²) in [5.41, 5.74) is 1.71. The smallest absolute Gasteiger partial charge is 0.241 e. The lowest BCUT2D eigenvalue weighted by Crippen LogP contribution is -2.52. The van der Waals surface area contributed by atoms with E-state index >= 15 is 0 Å². The molecule has 4 nitrogen and oxygen atoms in total. The number of benzene rings is 2. The van der Waals surface area contributed by atoms with Crippen LogP contribution < -0.4 is 10.2 Å². The lowest BCUT2D eigenvalue weighted by molar-refractivity contribution is -0.120. The Morgan fingerprint density at radius 3 is 2.44 bits per heavy atom. The zero-order valence-electron chi connectivity index (χ0n) is 14.1. The second-order valence-electron chi connectivity index (χ2n) is 6.18. The normalized spacial score (nSPS) is 16.5. The molecule has 2 aromatic rings. The molecule has 2 aromatic carbocycles. The zero-order chi connectivity index (χ0) is 17.8. The largest absolute Gasteiger partial charge is 0.369 e. The molecule has 0 unspecified atom stereocenters. The van der Waals surface area contributed by atoms with Crippen LogP contribution in [0.2, 0.25) is 5.02 Å².